The predicted octanol–water partition coefficient (Wildman–Crippen LogP) is 5.06. The number of hydrogen-bond acceptors (Lipinski definition) is 3. The minimum Gasteiger partial charge on any atom is -0.336 e. The largest absolute Gasteiger partial charge is 0.336 e. The lowest BCUT2D eigenvalue weighted by molar-refractivity contribution is 0.0792. The number of amides is 1. The van der Waals surface area contributed by atoms with Crippen LogP contribution < -0.4 is 0 Å². The van der Waals surface area contributed by atoms with Crippen molar-refractivity contribution in [2.45, 2.75) is 13.5 Å². The highest BCUT2D eigenvalue weighted by atomic mass is 32.1. The Morgan fingerprint density at radius 2 is 1.77 bits per heavy atom. The second-order valence-electron chi connectivity index (χ2n) is 5.22. The van der Waals surface area contributed by atoms with Crippen molar-refractivity contribution in [1.29, 1.82) is 0 Å². The summed E-state index contributed by atoms with van der Waals surface area (Å²) in [5.74, 6) is 0.0849. The SMILES string of the molecule is Cc1ccsc1CN(C)C(=O)c1sccc1-c1ccccc1. The molecule has 2 nitrogen and oxygen atoms in total. The molecule has 2 aromatic heterocycles. The first-order chi connectivity index (χ1) is 10.7. The van der Waals surface area contributed by atoms with Crippen molar-refractivity contribution < 1.29 is 4.79 Å². The van der Waals surface area contributed by atoms with Gasteiger partial charge in [-0.1, -0.05) is 30.3 Å². The van der Waals surface area contributed by atoms with Crippen LogP contribution in [-0.2, 0) is 6.54 Å². The number of nitrogens with zero attached hydrogens (tertiary/aromatic N) is 1. The van der Waals surface area contributed by atoms with Crippen LogP contribution in [0, 0.1) is 6.92 Å². The average Bonchev–Trinajstić information content (AvgIpc) is 3.17. The lowest BCUT2D eigenvalue weighted by Crippen LogP contribution is -2.25. The van der Waals surface area contributed by atoms with Crippen molar-refractivity contribution in [3.8, 4) is 11.1 Å². The van der Waals surface area contributed by atoms with Gasteiger partial charge in [0, 0.05) is 17.5 Å². The molecule has 1 amide bonds. The Morgan fingerprint density at radius 1 is 1.05 bits per heavy atom. The fraction of sp³-hybridized carbons (Fsp3) is 0.167. The molecule has 0 saturated heterocycles. The molecule has 0 spiro atoms. The van der Waals surface area contributed by atoms with Gasteiger partial charge in [-0.15, -0.1) is 22.7 Å². The minimum atomic E-state index is 0.0849. The second-order valence-corrected chi connectivity index (χ2v) is 7.13. The molecule has 4 heteroatoms. The molecular formula is C18H17NOS2. The summed E-state index contributed by atoms with van der Waals surface area (Å²) < 4.78 is 0. The number of benzene rings is 1. The first-order valence-corrected chi connectivity index (χ1v) is 8.84. The van der Waals surface area contributed by atoms with Crippen molar-refractivity contribution in [2.24, 2.45) is 0 Å². The molecule has 2 heterocycles. The highest BCUT2D eigenvalue weighted by molar-refractivity contribution is 7.12. The molecule has 0 aliphatic rings. The zero-order chi connectivity index (χ0) is 15.5. The lowest BCUT2D eigenvalue weighted by atomic mass is 10.1. The predicted molar refractivity (Wildman–Crippen MR) is 94.6 cm³/mol. The van der Waals surface area contributed by atoms with Crippen LogP contribution in [0.15, 0.2) is 53.2 Å². The van der Waals surface area contributed by atoms with E-state index in [0.717, 1.165) is 16.0 Å². The molecule has 0 atom stereocenters. The molecule has 0 aliphatic heterocycles. The fourth-order valence-corrected chi connectivity index (χ4v) is 4.21. The Kier molecular flexibility index (Phi) is 4.41. The number of rotatable bonds is 4. The van der Waals surface area contributed by atoms with Gasteiger partial charge in [0.2, 0.25) is 0 Å². The summed E-state index contributed by atoms with van der Waals surface area (Å²) in [7, 11) is 1.87. The smallest absolute Gasteiger partial charge is 0.264 e. The average molecular weight is 327 g/mol. The standard InChI is InChI=1S/C18H17NOS2/c1-13-8-10-21-16(13)12-19(2)18(20)17-15(9-11-22-17)14-6-4-3-5-7-14/h3-11H,12H2,1-2H3. The molecule has 1 aromatic carbocycles. The maximum atomic E-state index is 12.8. The molecule has 0 saturated carbocycles. The first kappa shape index (κ1) is 15.0. The van der Waals surface area contributed by atoms with E-state index in [2.05, 4.69) is 18.4 Å². The quantitative estimate of drug-likeness (QED) is 0.656. The highest BCUT2D eigenvalue weighted by Gasteiger charge is 2.19. The lowest BCUT2D eigenvalue weighted by Gasteiger charge is -2.17. The Morgan fingerprint density at radius 3 is 2.45 bits per heavy atom. The molecule has 3 aromatic rings. The van der Waals surface area contributed by atoms with E-state index in [1.165, 1.54) is 21.8 Å². The molecule has 112 valence electrons. The van der Waals surface area contributed by atoms with Gasteiger partial charge in [0.1, 0.15) is 0 Å². The molecule has 0 fully saturated rings. The molecule has 3 rings (SSSR count). The van der Waals surface area contributed by atoms with Gasteiger partial charge < -0.3 is 4.90 Å². The molecular weight excluding hydrogens is 310 g/mol. The highest BCUT2D eigenvalue weighted by Crippen LogP contribution is 2.29. The van der Waals surface area contributed by atoms with Crippen LogP contribution in [0.3, 0.4) is 0 Å². The van der Waals surface area contributed by atoms with Crippen LogP contribution in [0.4, 0.5) is 0 Å². The van der Waals surface area contributed by atoms with E-state index < -0.39 is 0 Å². The van der Waals surface area contributed by atoms with Crippen molar-refractivity contribution in [3.05, 3.63) is 68.5 Å². The van der Waals surface area contributed by atoms with Gasteiger partial charge in [0.15, 0.2) is 0 Å². The van der Waals surface area contributed by atoms with Crippen molar-refractivity contribution in [2.75, 3.05) is 7.05 Å². The maximum Gasteiger partial charge on any atom is 0.264 e. The van der Waals surface area contributed by atoms with Crippen LogP contribution in [0.1, 0.15) is 20.1 Å². The van der Waals surface area contributed by atoms with E-state index in [0.29, 0.717) is 6.54 Å². The van der Waals surface area contributed by atoms with Crippen LogP contribution in [0.25, 0.3) is 11.1 Å². The van der Waals surface area contributed by atoms with Gasteiger partial charge in [-0.3, -0.25) is 4.79 Å². The van der Waals surface area contributed by atoms with Gasteiger partial charge >= 0.3 is 0 Å². The summed E-state index contributed by atoms with van der Waals surface area (Å²) in [4.78, 5) is 16.6. The van der Waals surface area contributed by atoms with Crippen molar-refractivity contribution in [1.82, 2.24) is 4.90 Å². The second kappa shape index (κ2) is 6.46. The van der Waals surface area contributed by atoms with Gasteiger partial charge in [0.05, 0.1) is 11.4 Å². The fourth-order valence-electron chi connectivity index (χ4n) is 2.35. The van der Waals surface area contributed by atoms with Gasteiger partial charge in [-0.25, -0.2) is 0 Å². The minimum absolute atomic E-state index is 0.0849. The summed E-state index contributed by atoms with van der Waals surface area (Å²) in [5.41, 5.74) is 3.36. The van der Waals surface area contributed by atoms with Crippen molar-refractivity contribution >= 4 is 28.6 Å². The topological polar surface area (TPSA) is 20.3 Å². The normalized spacial score (nSPS) is 10.6. The number of thiophene rings is 2. The summed E-state index contributed by atoms with van der Waals surface area (Å²) in [6.07, 6.45) is 0. The summed E-state index contributed by atoms with van der Waals surface area (Å²) >= 11 is 3.21. The summed E-state index contributed by atoms with van der Waals surface area (Å²) in [6, 6.07) is 14.2. The van der Waals surface area contributed by atoms with Crippen LogP contribution in [0.5, 0.6) is 0 Å². The van der Waals surface area contributed by atoms with E-state index in [9.17, 15) is 4.79 Å². The van der Waals surface area contributed by atoms with E-state index >= 15 is 0 Å². The zero-order valence-electron chi connectivity index (χ0n) is 12.6. The molecule has 0 aliphatic carbocycles. The third-order valence-corrected chi connectivity index (χ3v) is 5.55. The van der Waals surface area contributed by atoms with Gasteiger partial charge in [-0.05, 0) is 40.9 Å². The van der Waals surface area contributed by atoms with Crippen LogP contribution >= 0.6 is 22.7 Å². The Hall–Kier alpha value is -1.91. The van der Waals surface area contributed by atoms with Gasteiger partial charge in [0.25, 0.3) is 5.91 Å². The monoisotopic (exact) mass is 327 g/mol. The molecule has 0 unspecified atom stereocenters. The Bertz CT molecular complexity index is 773. The Balaban J connectivity index is 1.84. The number of hydrogen-bond donors (Lipinski definition) is 0. The maximum absolute atomic E-state index is 12.8. The summed E-state index contributed by atoms with van der Waals surface area (Å²) in [6.45, 7) is 2.75. The molecule has 0 radical (unpaired) electrons. The summed E-state index contributed by atoms with van der Waals surface area (Å²) in [5, 5.41) is 4.06. The third-order valence-electron chi connectivity index (χ3n) is 3.64. The van der Waals surface area contributed by atoms with E-state index in [4.69, 9.17) is 0 Å². The molecule has 22 heavy (non-hydrogen) atoms. The molecule has 0 bridgehead atoms. The molecule has 0 N–H and O–H groups in total. The van der Waals surface area contributed by atoms with E-state index in [1.54, 1.807) is 16.2 Å². The van der Waals surface area contributed by atoms with E-state index in [-0.39, 0.29) is 5.91 Å². The number of aryl methyl sites for hydroxylation is 1. The third kappa shape index (κ3) is 2.98. The Labute approximate surface area is 138 Å². The number of carbonyl (C=O) groups is 1. The van der Waals surface area contributed by atoms with Crippen LogP contribution in [-0.4, -0.2) is 17.9 Å². The van der Waals surface area contributed by atoms with Gasteiger partial charge in [-0.2, -0.15) is 0 Å². The van der Waals surface area contributed by atoms with Crippen LogP contribution in [0.2, 0.25) is 0 Å². The first-order valence-electron chi connectivity index (χ1n) is 7.08. The van der Waals surface area contributed by atoms with Crippen molar-refractivity contribution in [3.63, 3.8) is 0 Å². The number of carbonyl (C=O) groups excluding carboxylic acids is 1. The van der Waals surface area contributed by atoms with E-state index in [1.807, 2.05) is 48.8 Å². The zero-order valence-corrected chi connectivity index (χ0v) is 14.2.